The van der Waals surface area contributed by atoms with E-state index in [0.29, 0.717) is 23.2 Å². The number of rotatable bonds is 7. The molecule has 8 heteroatoms. The summed E-state index contributed by atoms with van der Waals surface area (Å²) in [5.41, 5.74) is 5.09. The Kier molecular flexibility index (Phi) is 8.18. The number of fused-ring (bicyclic) bond motifs is 1. The van der Waals surface area contributed by atoms with Crippen LogP contribution in [0, 0.1) is 0 Å². The molecule has 0 aliphatic carbocycles. The van der Waals surface area contributed by atoms with Crippen molar-refractivity contribution in [3.05, 3.63) is 82.3 Å². The third kappa shape index (κ3) is 6.19. The van der Waals surface area contributed by atoms with Crippen LogP contribution in [-0.2, 0) is 4.79 Å². The van der Waals surface area contributed by atoms with Crippen molar-refractivity contribution in [1.29, 1.82) is 0 Å². The van der Waals surface area contributed by atoms with E-state index < -0.39 is 0 Å². The molecular formula is C28H26BrN3O3S. The van der Waals surface area contributed by atoms with E-state index in [-0.39, 0.29) is 11.0 Å². The number of amides is 1. The lowest BCUT2D eigenvalue weighted by Gasteiger charge is -2.09. The van der Waals surface area contributed by atoms with E-state index in [0.717, 1.165) is 33.1 Å². The molecule has 4 rings (SSSR count). The normalized spacial score (nSPS) is 12.0. The molecule has 184 valence electrons. The highest BCUT2D eigenvalue weighted by atomic mass is 79.9. The lowest BCUT2D eigenvalue weighted by Crippen LogP contribution is -2.32. The summed E-state index contributed by atoms with van der Waals surface area (Å²) in [7, 11) is 1.58. The fourth-order valence-corrected chi connectivity index (χ4v) is 4.25. The third-order valence-corrected chi connectivity index (χ3v) is 6.50. The zero-order valence-electron chi connectivity index (χ0n) is 20.2. The van der Waals surface area contributed by atoms with Gasteiger partial charge in [0.2, 0.25) is 11.8 Å². The van der Waals surface area contributed by atoms with Gasteiger partial charge in [0.05, 0.1) is 7.11 Å². The zero-order valence-corrected chi connectivity index (χ0v) is 22.6. The molecule has 0 radical (unpaired) electrons. The Hall–Kier alpha value is -3.49. The highest BCUT2D eigenvalue weighted by molar-refractivity contribution is 9.10. The molecule has 1 unspecified atom stereocenters. The summed E-state index contributed by atoms with van der Waals surface area (Å²) >= 11 is 8.75. The first-order valence-corrected chi connectivity index (χ1v) is 12.7. The number of halogens is 1. The van der Waals surface area contributed by atoms with Crippen LogP contribution >= 0.6 is 28.1 Å². The highest BCUT2D eigenvalue weighted by Gasteiger charge is 2.12. The molecule has 1 heterocycles. The molecule has 36 heavy (non-hydrogen) atoms. The second-order valence-corrected chi connectivity index (χ2v) is 9.62. The smallest absolute Gasteiger partial charge is 0.250 e. The van der Waals surface area contributed by atoms with Crippen LogP contribution in [0.2, 0.25) is 0 Å². The SMILES string of the molecule is CCC(C)c1ccc2oc(-c3cccc(NC(=S)NC(=O)/C=C/c4cc(Br)ccc4OC)c3)nc2c1. The third-order valence-electron chi connectivity index (χ3n) is 5.80. The number of anilines is 1. The summed E-state index contributed by atoms with van der Waals surface area (Å²) in [6, 6.07) is 19.2. The highest BCUT2D eigenvalue weighted by Crippen LogP contribution is 2.29. The van der Waals surface area contributed by atoms with Gasteiger partial charge in [0.1, 0.15) is 11.3 Å². The first kappa shape index (κ1) is 25.6. The van der Waals surface area contributed by atoms with Crippen LogP contribution in [0.3, 0.4) is 0 Å². The van der Waals surface area contributed by atoms with Gasteiger partial charge in [-0.15, -0.1) is 0 Å². The molecule has 0 aliphatic heterocycles. The van der Waals surface area contributed by atoms with E-state index in [1.165, 1.54) is 11.6 Å². The fraction of sp³-hybridized carbons (Fsp3) is 0.179. The number of oxazole rings is 1. The summed E-state index contributed by atoms with van der Waals surface area (Å²) in [6.07, 6.45) is 4.14. The summed E-state index contributed by atoms with van der Waals surface area (Å²) in [6.45, 7) is 4.37. The van der Waals surface area contributed by atoms with Crippen LogP contribution in [0.4, 0.5) is 5.69 Å². The second kappa shape index (κ2) is 11.5. The molecule has 0 aliphatic rings. The summed E-state index contributed by atoms with van der Waals surface area (Å²) in [5.74, 6) is 1.29. The van der Waals surface area contributed by atoms with Crippen LogP contribution < -0.4 is 15.4 Å². The van der Waals surface area contributed by atoms with Crippen LogP contribution in [-0.4, -0.2) is 23.1 Å². The summed E-state index contributed by atoms with van der Waals surface area (Å²) < 4.78 is 12.2. The van der Waals surface area contributed by atoms with Crippen LogP contribution in [0.25, 0.3) is 28.6 Å². The number of carbonyl (C=O) groups is 1. The van der Waals surface area contributed by atoms with E-state index in [4.69, 9.17) is 21.4 Å². The summed E-state index contributed by atoms with van der Waals surface area (Å²) in [5, 5.41) is 5.88. The number of hydrogen-bond donors (Lipinski definition) is 2. The molecule has 0 fully saturated rings. The first-order chi connectivity index (χ1) is 17.4. The molecule has 1 amide bonds. The van der Waals surface area contributed by atoms with Crippen molar-refractivity contribution >= 4 is 62.0 Å². The Balaban J connectivity index is 1.43. The molecular weight excluding hydrogens is 538 g/mol. The van der Waals surface area contributed by atoms with Gasteiger partial charge in [-0.2, -0.15) is 0 Å². The van der Waals surface area contributed by atoms with Gasteiger partial charge >= 0.3 is 0 Å². The Morgan fingerprint density at radius 2 is 2.03 bits per heavy atom. The van der Waals surface area contributed by atoms with E-state index in [9.17, 15) is 4.79 Å². The summed E-state index contributed by atoms with van der Waals surface area (Å²) in [4.78, 5) is 17.1. The second-order valence-electron chi connectivity index (χ2n) is 8.30. The lowest BCUT2D eigenvalue weighted by molar-refractivity contribution is -0.115. The predicted octanol–water partition coefficient (Wildman–Crippen LogP) is 7.31. The largest absolute Gasteiger partial charge is 0.496 e. The van der Waals surface area contributed by atoms with Crippen molar-refractivity contribution in [2.24, 2.45) is 0 Å². The number of benzene rings is 3. The number of hydrogen-bond acceptors (Lipinski definition) is 5. The maximum absolute atomic E-state index is 12.4. The van der Waals surface area contributed by atoms with Crippen LogP contribution in [0.1, 0.15) is 37.3 Å². The number of carbonyl (C=O) groups excluding carboxylic acids is 1. The Bertz CT molecular complexity index is 1450. The number of nitrogens with one attached hydrogen (secondary N) is 2. The maximum atomic E-state index is 12.4. The number of aromatic nitrogens is 1. The van der Waals surface area contributed by atoms with Gasteiger partial charge in [0.25, 0.3) is 0 Å². The van der Waals surface area contributed by atoms with E-state index >= 15 is 0 Å². The molecule has 1 aromatic heterocycles. The van der Waals surface area contributed by atoms with Crippen molar-refractivity contribution in [1.82, 2.24) is 10.3 Å². The number of ether oxygens (including phenoxy) is 1. The quantitative estimate of drug-likeness (QED) is 0.181. The number of nitrogens with zero attached hydrogens (tertiary/aromatic N) is 1. The van der Waals surface area contributed by atoms with Crippen molar-refractivity contribution in [2.45, 2.75) is 26.2 Å². The molecule has 6 nitrogen and oxygen atoms in total. The van der Waals surface area contributed by atoms with Gasteiger partial charge in [-0.1, -0.05) is 41.9 Å². The average molecular weight is 565 g/mol. The molecule has 2 N–H and O–H groups in total. The minimum Gasteiger partial charge on any atom is -0.496 e. The lowest BCUT2D eigenvalue weighted by atomic mass is 9.98. The maximum Gasteiger partial charge on any atom is 0.250 e. The van der Waals surface area contributed by atoms with Crippen LogP contribution in [0.5, 0.6) is 5.75 Å². The average Bonchev–Trinajstić information content (AvgIpc) is 3.31. The van der Waals surface area contributed by atoms with Crippen LogP contribution in [0.15, 0.2) is 75.6 Å². The molecule has 3 aromatic carbocycles. The minimum atomic E-state index is -0.359. The van der Waals surface area contributed by atoms with Gasteiger partial charge in [-0.3, -0.25) is 10.1 Å². The predicted molar refractivity (Wildman–Crippen MR) is 152 cm³/mol. The van der Waals surface area contributed by atoms with E-state index in [1.807, 2.05) is 48.5 Å². The standard InChI is InChI=1S/C28H26BrN3O3S/c1-4-17(2)18-8-11-25-23(16-18)31-27(35-25)20-6-5-7-22(15-20)30-28(36)32-26(33)13-9-19-14-21(29)10-12-24(19)34-3/h5-17H,4H2,1-3H3,(H2,30,32,33,36)/b13-9+. The van der Waals surface area contributed by atoms with Gasteiger partial charge in [-0.05, 0) is 84.7 Å². The van der Waals surface area contributed by atoms with Crippen molar-refractivity contribution in [3.8, 4) is 17.2 Å². The monoisotopic (exact) mass is 563 g/mol. The fourth-order valence-electron chi connectivity index (χ4n) is 3.66. The Morgan fingerprint density at radius 1 is 1.19 bits per heavy atom. The van der Waals surface area contributed by atoms with Crippen molar-refractivity contribution in [3.63, 3.8) is 0 Å². The van der Waals surface area contributed by atoms with Gasteiger partial charge < -0.3 is 14.5 Å². The van der Waals surface area contributed by atoms with Crippen molar-refractivity contribution in [2.75, 3.05) is 12.4 Å². The molecule has 0 spiro atoms. The van der Waals surface area contributed by atoms with Gasteiger partial charge in [0, 0.05) is 27.4 Å². The first-order valence-electron chi connectivity index (χ1n) is 11.5. The van der Waals surface area contributed by atoms with E-state index in [1.54, 1.807) is 13.2 Å². The minimum absolute atomic E-state index is 0.179. The molecule has 0 saturated heterocycles. The number of thiocarbonyl (C=S) groups is 1. The topological polar surface area (TPSA) is 76.4 Å². The van der Waals surface area contributed by atoms with Crippen molar-refractivity contribution < 1.29 is 13.9 Å². The Morgan fingerprint density at radius 3 is 2.81 bits per heavy atom. The van der Waals surface area contributed by atoms with Gasteiger partial charge in [-0.25, -0.2) is 4.98 Å². The molecule has 0 bridgehead atoms. The zero-order chi connectivity index (χ0) is 25.7. The molecule has 4 aromatic rings. The Labute approximate surface area is 223 Å². The van der Waals surface area contributed by atoms with Gasteiger partial charge in [0.15, 0.2) is 10.7 Å². The van der Waals surface area contributed by atoms with E-state index in [2.05, 4.69) is 57.5 Å². The molecule has 1 atom stereocenters. The molecule has 0 saturated carbocycles. The number of methoxy groups -OCH3 is 1.